The van der Waals surface area contributed by atoms with E-state index < -0.39 is 18.1 Å². The zero-order valence-corrected chi connectivity index (χ0v) is 9.82. The van der Waals surface area contributed by atoms with Crippen LogP contribution in [0.4, 0.5) is 0 Å². The van der Waals surface area contributed by atoms with Gasteiger partial charge in [-0.05, 0) is 25.3 Å². The van der Waals surface area contributed by atoms with Crippen molar-refractivity contribution in [2.45, 2.75) is 31.3 Å². The fourth-order valence-electron chi connectivity index (χ4n) is 1.44. The SMILES string of the molecule is NC(CCC[C@H](N)C(=O)O)C(=O)c1ccncn1. The topological polar surface area (TPSA) is 132 Å². The molecule has 0 bridgehead atoms. The number of carbonyl (C=O) groups excluding carboxylic acids is 1. The van der Waals surface area contributed by atoms with Crippen molar-refractivity contribution in [2.75, 3.05) is 0 Å². The van der Waals surface area contributed by atoms with Crippen LogP contribution >= 0.6 is 0 Å². The average Bonchev–Trinajstić information content (AvgIpc) is 2.38. The lowest BCUT2D eigenvalue weighted by Gasteiger charge is -2.11. The Hall–Kier alpha value is -1.86. The van der Waals surface area contributed by atoms with Crippen molar-refractivity contribution in [3.63, 3.8) is 0 Å². The highest BCUT2D eigenvalue weighted by Gasteiger charge is 2.18. The molecule has 0 radical (unpaired) electrons. The van der Waals surface area contributed by atoms with Crippen LogP contribution in [0.25, 0.3) is 0 Å². The molecule has 0 fully saturated rings. The van der Waals surface area contributed by atoms with Crippen molar-refractivity contribution >= 4 is 11.8 Å². The Morgan fingerprint density at radius 1 is 1.28 bits per heavy atom. The predicted molar refractivity (Wildman–Crippen MR) is 63.8 cm³/mol. The maximum atomic E-state index is 11.8. The number of aliphatic carboxylic acids is 1. The van der Waals surface area contributed by atoms with E-state index in [0.717, 1.165) is 0 Å². The van der Waals surface area contributed by atoms with Gasteiger partial charge in [0.1, 0.15) is 18.1 Å². The van der Waals surface area contributed by atoms with E-state index in [9.17, 15) is 9.59 Å². The minimum atomic E-state index is -1.05. The summed E-state index contributed by atoms with van der Waals surface area (Å²) in [7, 11) is 0. The first-order valence-electron chi connectivity index (χ1n) is 5.56. The summed E-state index contributed by atoms with van der Waals surface area (Å²) in [5.41, 5.74) is 11.3. The molecule has 0 saturated carbocycles. The first-order valence-corrected chi connectivity index (χ1v) is 5.56. The van der Waals surface area contributed by atoms with Crippen LogP contribution in [0.15, 0.2) is 18.6 Å². The van der Waals surface area contributed by atoms with Crippen LogP contribution in [0.3, 0.4) is 0 Å². The lowest BCUT2D eigenvalue weighted by Crippen LogP contribution is -2.33. The van der Waals surface area contributed by atoms with Gasteiger partial charge < -0.3 is 16.6 Å². The van der Waals surface area contributed by atoms with Gasteiger partial charge in [0.2, 0.25) is 0 Å². The van der Waals surface area contributed by atoms with Gasteiger partial charge in [-0.15, -0.1) is 0 Å². The van der Waals surface area contributed by atoms with Crippen LogP contribution in [0.1, 0.15) is 29.8 Å². The molecule has 0 spiro atoms. The van der Waals surface area contributed by atoms with Gasteiger partial charge in [0.25, 0.3) is 0 Å². The molecule has 0 aliphatic rings. The highest BCUT2D eigenvalue weighted by molar-refractivity contribution is 5.98. The van der Waals surface area contributed by atoms with Crippen LogP contribution in [-0.2, 0) is 4.79 Å². The Morgan fingerprint density at radius 2 is 1.94 bits per heavy atom. The van der Waals surface area contributed by atoms with Crippen LogP contribution in [0.2, 0.25) is 0 Å². The van der Waals surface area contributed by atoms with Crippen molar-refractivity contribution in [1.82, 2.24) is 9.97 Å². The Labute approximate surface area is 104 Å². The van der Waals surface area contributed by atoms with E-state index in [2.05, 4.69) is 9.97 Å². The van der Waals surface area contributed by atoms with Crippen molar-refractivity contribution in [3.05, 3.63) is 24.3 Å². The fraction of sp³-hybridized carbons (Fsp3) is 0.455. The van der Waals surface area contributed by atoms with E-state index >= 15 is 0 Å². The maximum Gasteiger partial charge on any atom is 0.320 e. The number of carboxylic acids is 1. The number of nitrogens with two attached hydrogens (primary N) is 2. The van der Waals surface area contributed by atoms with Crippen LogP contribution in [0, 0.1) is 0 Å². The summed E-state index contributed by atoms with van der Waals surface area (Å²) in [6.07, 6.45) is 3.89. The molecule has 98 valence electrons. The number of hydrogen-bond acceptors (Lipinski definition) is 6. The van der Waals surface area contributed by atoms with E-state index in [1.54, 1.807) is 0 Å². The van der Waals surface area contributed by atoms with Crippen molar-refractivity contribution in [3.8, 4) is 0 Å². The highest BCUT2D eigenvalue weighted by atomic mass is 16.4. The standard InChI is InChI=1S/C11H16N4O3/c12-7(2-1-3-8(13)11(17)18)10(16)9-4-5-14-6-15-9/h4-8H,1-3,12-13H2,(H,17,18)/t7?,8-/m0/s1. The molecule has 2 atom stereocenters. The van der Waals surface area contributed by atoms with E-state index in [1.807, 2.05) is 0 Å². The van der Waals surface area contributed by atoms with Crippen molar-refractivity contribution in [2.24, 2.45) is 11.5 Å². The maximum absolute atomic E-state index is 11.8. The molecule has 0 aliphatic heterocycles. The second kappa shape index (κ2) is 6.77. The molecular weight excluding hydrogens is 236 g/mol. The zero-order valence-electron chi connectivity index (χ0n) is 9.82. The Kier molecular flexibility index (Phi) is 5.34. The summed E-state index contributed by atoms with van der Waals surface area (Å²) in [5.74, 6) is -1.33. The molecule has 0 saturated heterocycles. The number of Topliss-reactive ketones (excluding diaryl/α,β-unsaturated/α-hetero) is 1. The molecule has 1 rings (SSSR count). The number of carboxylic acid groups (broad SMARTS) is 1. The molecule has 1 aromatic heterocycles. The quantitative estimate of drug-likeness (QED) is 0.561. The minimum absolute atomic E-state index is 0.264. The normalized spacial score (nSPS) is 13.9. The molecular formula is C11H16N4O3. The van der Waals surface area contributed by atoms with Gasteiger partial charge in [-0.25, -0.2) is 9.97 Å². The minimum Gasteiger partial charge on any atom is -0.480 e. The molecule has 0 aliphatic carbocycles. The molecule has 1 aromatic rings. The molecule has 1 heterocycles. The Morgan fingerprint density at radius 3 is 2.50 bits per heavy atom. The lowest BCUT2D eigenvalue weighted by molar-refractivity contribution is -0.138. The van der Waals surface area contributed by atoms with Gasteiger partial charge in [-0.2, -0.15) is 0 Å². The summed E-state index contributed by atoms with van der Waals surface area (Å²) in [4.78, 5) is 29.8. The third kappa shape index (κ3) is 4.19. The third-order valence-corrected chi connectivity index (χ3v) is 2.52. The number of aromatic nitrogens is 2. The van der Waals surface area contributed by atoms with Crippen molar-refractivity contribution in [1.29, 1.82) is 0 Å². The Bertz CT molecular complexity index is 410. The molecule has 18 heavy (non-hydrogen) atoms. The van der Waals surface area contributed by atoms with Gasteiger partial charge >= 0.3 is 5.97 Å². The monoisotopic (exact) mass is 252 g/mol. The zero-order chi connectivity index (χ0) is 13.5. The number of carbonyl (C=O) groups is 2. The van der Waals surface area contributed by atoms with E-state index in [1.165, 1.54) is 18.6 Å². The smallest absolute Gasteiger partial charge is 0.320 e. The van der Waals surface area contributed by atoms with Crippen LogP contribution < -0.4 is 11.5 Å². The summed E-state index contributed by atoms with van der Waals surface area (Å²) in [6.45, 7) is 0. The second-order valence-corrected chi connectivity index (χ2v) is 3.94. The largest absolute Gasteiger partial charge is 0.480 e. The molecule has 7 heteroatoms. The van der Waals surface area contributed by atoms with Crippen LogP contribution in [-0.4, -0.2) is 38.9 Å². The van der Waals surface area contributed by atoms with Gasteiger partial charge in [-0.1, -0.05) is 0 Å². The summed E-state index contributed by atoms with van der Waals surface area (Å²) in [5, 5.41) is 8.59. The van der Waals surface area contributed by atoms with E-state index in [-0.39, 0.29) is 11.5 Å². The number of rotatable bonds is 7. The molecule has 7 nitrogen and oxygen atoms in total. The molecule has 1 unspecified atom stereocenters. The van der Waals surface area contributed by atoms with Gasteiger partial charge in [0, 0.05) is 6.20 Å². The fourth-order valence-corrected chi connectivity index (χ4v) is 1.44. The summed E-state index contributed by atoms with van der Waals surface area (Å²) < 4.78 is 0. The number of nitrogens with zero attached hydrogens (tertiary/aromatic N) is 2. The second-order valence-electron chi connectivity index (χ2n) is 3.94. The predicted octanol–water partition coefficient (Wildman–Crippen LogP) is -0.431. The lowest BCUT2D eigenvalue weighted by atomic mass is 10.0. The summed E-state index contributed by atoms with van der Waals surface area (Å²) >= 11 is 0. The molecule has 5 N–H and O–H groups in total. The van der Waals surface area contributed by atoms with E-state index in [4.69, 9.17) is 16.6 Å². The van der Waals surface area contributed by atoms with Gasteiger partial charge in [0.15, 0.2) is 5.78 Å². The Balaban J connectivity index is 2.40. The molecule has 0 amide bonds. The van der Waals surface area contributed by atoms with E-state index in [0.29, 0.717) is 19.3 Å². The first-order chi connectivity index (χ1) is 8.52. The highest BCUT2D eigenvalue weighted by Crippen LogP contribution is 2.06. The summed E-state index contributed by atoms with van der Waals surface area (Å²) in [6, 6.07) is -0.113. The van der Waals surface area contributed by atoms with Crippen LogP contribution in [0.5, 0.6) is 0 Å². The average molecular weight is 252 g/mol. The molecule has 0 aromatic carbocycles. The first kappa shape index (κ1) is 14.2. The van der Waals surface area contributed by atoms with Crippen molar-refractivity contribution < 1.29 is 14.7 Å². The number of hydrogen-bond donors (Lipinski definition) is 3. The van der Waals surface area contributed by atoms with Gasteiger partial charge in [-0.3, -0.25) is 9.59 Å². The number of ketones is 1. The van der Waals surface area contributed by atoms with Gasteiger partial charge in [0.05, 0.1) is 6.04 Å². The third-order valence-electron chi connectivity index (χ3n) is 2.52.